The molecule has 0 unspecified atom stereocenters. The zero-order chi connectivity index (χ0) is 16.3. The molecule has 0 atom stereocenters. The summed E-state index contributed by atoms with van der Waals surface area (Å²) in [6, 6.07) is 0. The van der Waals surface area contributed by atoms with Crippen LogP contribution in [-0.4, -0.2) is 13.2 Å². The van der Waals surface area contributed by atoms with E-state index in [0.717, 1.165) is 19.1 Å². The molecule has 0 amide bonds. The van der Waals surface area contributed by atoms with Crippen molar-refractivity contribution in [1.29, 1.82) is 0 Å². The highest BCUT2D eigenvalue weighted by atomic mass is 16.5. The number of unbranched alkanes of at least 4 members (excludes halogenated alkanes) is 12. The van der Waals surface area contributed by atoms with Crippen molar-refractivity contribution in [2.24, 2.45) is 5.92 Å². The fourth-order valence-electron chi connectivity index (χ4n) is 2.90. The van der Waals surface area contributed by atoms with Crippen LogP contribution in [0.2, 0.25) is 0 Å². The molecule has 0 fully saturated rings. The minimum Gasteiger partial charge on any atom is -0.381 e. The van der Waals surface area contributed by atoms with Crippen molar-refractivity contribution in [2.45, 2.75) is 117 Å². The molecule has 0 rings (SSSR count). The SMILES string of the molecule is CCCCCCOCCCCCCCCCCCCC(C)C. The van der Waals surface area contributed by atoms with Gasteiger partial charge in [-0.15, -0.1) is 0 Å². The molecule has 0 aliphatic carbocycles. The Balaban J connectivity index is 2.94. The van der Waals surface area contributed by atoms with Crippen LogP contribution in [0.15, 0.2) is 0 Å². The van der Waals surface area contributed by atoms with Gasteiger partial charge in [0.05, 0.1) is 0 Å². The molecule has 0 saturated heterocycles. The summed E-state index contributed by atoms with van der Waals surface area (Å²) in [6.45, 7) is 8.89. The second-order valence-electron chi connectivity index (χ2n) is 7.39. The normalized spacial score (nSPS) is 11.5. The Labute approximate surface area is 141 Å². The maximum Gasteiger partial charge on any atom is 0.0466 e. The summed E-state index contributed by atoms with van der Waals surface area (Å²) in [4.78, 5) is 0. The monoisotopic (exact) mass is 312 g/mol. The van der Waals surface area contributed by atoms with Crippen LogP contribution < -0.4 is 0 Å². The summed E-state index contributed by atoms with van der Waals surface area (Å²) in [5, 5.41) is 0. The van der Waals surface area contributed by atoms with Gasteiger partial charge < -0.3 is 4.74 Å². The highest BCUT2D eigenvalue weighted by molar-refractivity contribution is 4.50. The number of hydrogen-bond acceptors (Lipinski definition) is 1. The quantitative estimate of drug-likeness (QED) is 0.238. The van der Waals surface area contributed by atoms with Gasteiger partial charge in [0.1, 0.15) is 0 Å². The molecule has 0 radical (unpaired) electrons. The Bertz CT molecular complexity index is 188. The van der Waals surface area contributed by atoms with Crippen molar-refractivity contribution in [1.82, 2.24) is 0 Å². The lowest BCUT2D eigenvalue weighted by molar-refractivity contribution is 0.125. The summed E-state index contributed by atoms with van der Waals surface area (Å²) in [5.41, 5.74) is 0. The predicted molar refractivity (Wildman–Crippen MR) is 101 cm³/mol. The standard InChI is InChI=1S/C21H44O/c1-4-5-6-16-19-22-20-17-14-12-10-8-7-9-11-13-15-18-21(2)3/h21H,4-20H2,1-3H3. The lowest BCUT2D eigenvalue weighted by Gasteiger charge is -2.05. The molecular formula is C21H44O. The van der Waals surface area contributed by atoms with E-state index in [2.05, 4.69) is 20.8 Å². The fraction of sp³-hybridized carbons (Fsp3) is 1.00. The number of rotatable bonds is 18. The smallest absolute Gasteiger partial charge is 0.0466 e. The van der Waals surface area contributed by atoms with E-state index >= 15 is 0 Å². The number of hydrogen-bond donors (Lipinski definition) is 0. The molecule has 22 heavy (non-hydrogen) atoms. The second kappa shape index (κ2) is 19.0. The molecule has 0 aromatic rings. The van der Waals surface area contributed by atoms with Gasteiger partial charge in [-0.05, 0) is 18.8 Å². The molecule has 0 heterocycles. The molecule has 0 aliphatic heterocycles. The van der Waals surface area contributed by atoms with E-state index in [0.29, 0.717) is 0 Å². The van der Waals surface area contributed by atoms with Crippen molar-refractivity contribution >= 4 is 0 Å². The average molecular weight is 313 g/mol. The van der Waals surface area contributed by atoms with Gasteiger partial charge in [0.25, 0.3) is 0 Å². The van der Waals surface area contributed by atoms with E-state index in [9.17, 15) is 0 Å². The van der Waals surface area contributed by atoms with Gasteiger partial charge in [-0.2, -0.15) is 0 Å². The molecule has 1 heteroatoms. The topological polar surface area (TPSA) is 9.23 Å². The Kier molecular flexibility index (Phi) is 19.0. The molecule has 1 nitrogen and oxygen atoms in total. The van der Waals surface area contributed by atoms with Gasteiger partial charge in [0.15, 0.2) is 0 Å². The zero-order valence-electron chi connectivity index (χ0n) is 16.0. The molecule has 0 aromatic carbocycles. The van der Waals surface area contributed by atoms with E-state index in [-0.39, 0.29) is 0 Å². The van der Waals surface area contributed by atoms with E-state index < -0.39 is 0 Å². The molecule has 134 valence electrons. The van der Waals surface area contributed by atoms with Crippen LogP contribution in [0.4, 0.5) is 0 Å². The molecule has 0 aliphatic rings. The summed E-state index contributed by atoms with van der Waals surface area (Å²) in [6.07, 6.45) is 20.9. The van der Waals surface area contributed by atoms with Crippen molar-refractivity contribution < 1.29 is 4.74 Å². The largest absolute Gasteiger partial charge is 0.381 e. The van der Waals surface area contributed by atoms with Crippen LogP contribution in [0.25, 0.3) is 0 Å². The lowest BCUT2D eigenvalue weighted by atomic mass is 10.0. The summed E-state index contributed by atoms with van der Waals surface area (Å²) in [5.74, 6) is 0.889. The Morgan fingerprint density at radius 1 is 0.545 bits per heavy atom. The van der Waals surface area contributed by atoms with Gasteiger partial charge in [-0.1, -0.05) is 104 Å². The summed E-state index contributed by atoms with van der Waals surface area (Å²) >= 11 is 0. The first-order valence-corrected chi connectivity index (χ1v) is 10.3. The minimum absolute atomic E-state index is 0.889. The highest BCUT2D eigenvalue weighted by Gasteiger charge is 1.96. The van der Waals surface area contributed by atoms with Crippen LogP contribution >= 0.6 is 0 Å². The first-order valence-electron chi connectivity index (χ1n) is 10.3. The molecule has 0 bridgehead atoms. The van der Waals surface area contributed by atoms with Crippen LogP contribution in [0.3, 0.4) is 0 Å². The predicted octanol–water partition coefficient (Wildman–Crippen LogP) is 7.53. The van der Waals surface area contributed by atoms with Crippen LogP contribution in [-0.2, 0) is 4.74 Å². The van der Waals surface area contributed by atoms with Gasteiger partial charge in [-0.25, -0.2) is 0 Å². The Hall–Kier alpha value is -0.0400. The summed E-state index contributed by atoms with van der Waals surface area (Å²) < 4.78 is 5.68. The first-order chi connectivity index (χ1) is 10.8. The maximum absolute atomic E-state index is 5.68. The molecule has 0 spiro atoms. The fourth-order valence-corrected chi connectivity index (χ4v) is 2.90. The maximum atomic E-state index is 5.68. The number of ether oxygens (including phenoxy) is 1. The van der Waals surface area contributed by atoms with E-state index in [4.69, 9.17) is 4.74 Å². The zero-order valence-corrected chi connectivity index (χ0v) is 16.0. The van der Waals surface area contributed by atoms with E-state index in [1.807, 2.05) is 0 Å². The molecule has 0 aromatic heterocycles. The third-order valence-electron chi connectivity index (χ3n) is 4.46. The van der Waals surface area contributed by atoms with Gasteiger partial charge in [-0.3, -0.25) is 0 Å². The van der Waals surface area contributed by atoms with Crippen molar-refractivity contribution in [3.8, 4) is 0 Å². The van der Waals surface area contributed by atoms with Crippen molar-refractivity contribution in [3.63, 3.8) is 0 Å². The van der Waals surface area contributed by atoms with Crippen LogP contribution in [0, 0.1) is 5.92 Å². The van der Waals surface area contributed by atoms with E-state index in [1.54, 1.807) is 0 Å². The first kappa shape index (κ1) is 22.0. The second-order valence-corrected chi connectivity index (χ2v) is 7.39. The summed E-state index contributed by atoms with van der Waals surface area (Å²) in [7, 11) is 0. The highest BCUT2D eigenvalue weighted by Crippen LogP contribution is 2.13. The van der Waals surface area contributed by atoms with Crippen LogP contribution in [0.5, 0.6) is 0 Å². The van der Waals surface area contributed by atoms with Crippen LogP contribution in [0.1, 0.15) is 117 Å². The average Bonchev–Trinajstić information content (AvgIpc) is 2.50. The van der Waals surface area contributed by atoms with Crippen molar-refractivity contribution in [3.05, 3.63) is 0 Å². The molecule has 0 N–H and O–H groups in total. The molecule has 0 saturated carbocycles. The molecular weight excluding hydrogens is 268 g/mol. The van der Waals surface area contributed by atoms with Gasteiger partial charge in [0, 0.05) is 13.2 Å². The Morgan fingerprint density at radius 2 is 0.955 bits per heavy atom. The minimum atomic E-state index is 0.889. The van der Waals surface area contributed by atoms with Gasteiger partial charge >= 0.3 is 0 Å². The van der Waals surface area contributed by atoms with Crippen molar-refractivity contribution in [2.75, 3.05) is 13.2 Å². The third-order valence-corrected chi connectivity index (χ3v) is 4.46. The Morgan fingerprint density at radius 3 is 1.41 bits per heavy atom. The third kappa shape index (κ3) is 20.0. The lowest BCUT2D eigenvalue weighted by Crippen LogP contribution is -1.97. The van der Waals surface area contributed by atoms with E-state index in [1.165, 1.54) is 96.3 Å². The van der Waals surface area contributed by atoms with Gasteiger partial charge in [0.2, 0.25) is 0 Å².